The van der Waals surface area contributed by atoms with E-state index < -0.39 is 97.5 Å². The second-order valence-electron chi connectivity index (χ2n) is 31.8. The normalized spacial score (nSPS) is 13.9. The molecular formula is C89H170O17P2. The number of hydrogen-bond acceptors (Lipinski definition) is 15. The summed E-state index contributed by atoms with van der Waals surface area (Å²) in [7, 11) is -9.94. The van der Waals surface area contributed by atoms with Gasteiger partial charge in [-0.25, -0.2) is 9.13 Å². The van der Waals surface area contributed by atoms with Gasteiger partial charge in [-0.1, -0.05) is 406 Å². The molecule has 0 aliphatic heterocycles. The van der Waals surface area contributed by atoms with E-state index in [2.05, 4.69) is 58.9 Å². The highest BCUT2D eigenvalue weighted by Gasteiger charge is 2.30. The Kier molecular flexibility index (Phi) is 79.3. The minimum atomic E-state index is -4.97. The molecule has 0 heterocycles. The van der Waals surface area contributed by atoms with Crippen LogP contribution in [0.3, 0.4) is 0 Å². The van der Waals surface area contributed by atoms with Crippen LogP contribution in [-0.2, 0) is 65.4 Å². The van der Waals surface area contributed by atoms with E-state index in [0.717, 1.165) is 109 Å². The van der Waals surface area contributed by atoms with E-state index in [1.54, 1.807) is 0 Å². The molecule has 3 N–H and O–H groups in total. The first kappa shape index (κ1) is 106. The van der Waals surface area contributed by atoms with Crippen molar-refractivity contribution < 1.29 is 80.2 Å². The van der Waals surface area contributed by atoms with Crippen molar-refractivity contribution in [2.45, 2.75) is 477 Å². The van der Waals surface area contributed by atoms with E-state index in [-0.39, 0.29) is 25.7 Å². The molecule has 0 radical (unpaired) electrons. The number of ether oxygens (including phenoxy) is 4. The number of rotatable bonds is 87. The van der Waals surface area contributed by atoms with Gasteiger partial charge in [-0.15, -0.1) is 0 Å². The molecule has 2 unspecified atom stereocenters. The second-order valence-corrected chi connectivity index (χ2v) is 34.7. The minimum Gasteiger partial charge on any atom is -0.462 e. The summed E-state index contributed by atoms with van der Waals surface area (Å²) in [5.74, 6) is -1.39. The molecule has 0 saturated heterocycles. The van der Waals surface area contributed by atoms with Gasteiger partial charge in [0, 0.05) is 25.7 Å². The van der Waals surface area contributed by atoms with Crippen molar-refractivity contribution in [3.8, 4) is 0 Å². The number of allylic oxidation sites excluding steroid dienone is 4. The summed E-state index contributed by atoms with van der Waals surface area (Å²) in [5.41, 5.74) is 0. The van der Waals surface area contributed by atoms with Crippen molar-refractivity contribution in [2.24, 2.45) is 5.92 Å². The second kappa shape index (κ2) is 81.1. The smallest absolute Gasteiger partial charge is 0.462 e. The Morgan fingerprint density at radius 1 is 0.287 bits per heavy atom. The number of unbranched alkanes of at least 4 members (excludes halogenated alkanes) is 56. The van der Waals surface area contributed by atoms with E-state index in [1.165, 1.54) is 270 Å². The van der Waals surface area contributed by atoms with Gasteiger partial charge in [-0.05, 0) is 57.3 Å². The number of aliphatic hydroxyl groups excluding tert-OH is 1. The van der Waals surface area contributed by atoms with Crippen LogP contribution in [0.4, 0.5) is 0 Å². The van der Waals surface area contributed by atoms with Crippen molar-refractivity contribution >= 4 is 39.5 Å². The van der Waals surface area contributed by atoms with Crippen molar-refractivity contribution in [3.63, 3.8) is 0 Å². The zero-order valence-corrected chi connectivity index (χ0v) is 72.3. The van der Waals surface area contributed by atoms with E-state index in [1.807, 2.05) is 0 Å². The molecule has 0 fully saturated rings. The maximum atomic E-state index is 13.2. The average Bonchev–Trinajstić information content (AvgIpc) is 0.901. The van der Waals surface area contributed by atoms with Crippen LogP contribution in [0.5, 0.6) is 0 Å². The van der Waals surface area contributed by atoms with E-state index in [4.69, 9.17) is 37.0 Å². The highest BCUT2D eigenvalue weighted by molar-refractivity contribution is 7.47. The fourth-order valence-corrected chi connectivity index (χ4v) is 15.0. The van der Waals surface area contributed by atoms with Crippen LogP contribution < -0.4 is 0 Å². The largest absolute Gasteiger partial charge is 0.472 e. The number of esters is 4. The van der Waals surface area contributed by atoms with Gasteiger partial charge in [-0.3, -0.25) is 37.3 Å². The fraction of sp³-hybridized carbons (Fsp3) is 0.910. The number of carbonyl (C=O) groups is 4. The van der Waals surface area contributed by atoms with Gasteiger partial charge in [0.05, 0.1) is 26.4 Å². The molecule has 5 atom stereocenters. The van der Waals surface area contributed by atoms with Crippen molar-refractivity contribution in [1.82, 2.24) is 0 Å². The van der Waals surface area contributed by atoms with Gasteiger partial charge < -0.3 is 33.8 Å². The first-order valence-electron chi connectivity index (χ1n) is 45.5. The minimum absolute atomic E-state index is 0.0852. The molecule has 0 aromatic carbocycles. The summed E-state index contributed by atoms with van der Waals surface area (Å²) in [4.78, 5) is 73.3. The van der Waals surface area contributed by atoms with Crippen LogP contribution in [-0.4, -0.2) is 96.7 Å². The Hall–Kier alpha value is -2.46. The monoisotopic (exact) mass is 1570 g/mol. The number of phosphoric acid groups is 2. The summed E-state index contributed by atoms with van der Waals surface area (Å²) < 4.78 is 68.9. The lowest BCUT2D eigenvalue weighted by Gasteiger charge is -2.21. The van der Waals surface area contributed by atoms with Gasteiger partial charge in [-0.2, -0.15) is 0 Å². The summed E-state index contributed by atoms with van der Waals surface area (Å²) in [6.45, 7) is 7.29. The van der Waals surface area contributed by atoms with Crippen molar-refractivity contribution in [1.29, 1.82) is 0 Å². The predicted molar refractivity (Wildman–Crippen MR) is 446 cm³/mol. The predicted octanol–water partition coefficient (Wildman–Crippen LogP) is 27.1. The maximum Gasteiger partial charge on any atom is 0.472 e. The van der Waals surface area contributed by atoms with Crippen LogP contribution in [0.2, 0.25) is 0 Å². The van der Waals surface area contributed by atoms with Crippen LogP contribution in [0.1, 0.15) is 458 Å². The fourth-order valence-electron chi connectivity index (χ4n) is 13.5. The molecule has 0 rings (SSSR count). The number of carbonyl (C=O) groups excluding carboxylic acids is 4. The average molecular weight is 1570 g/mol. The van der Waals surface area contributed by atoms with Crippen LogP contribution >= 0.6 is 15.6 Å². The summed E-state index contributed by atoms with van der Waals surface area (Å²) in [6, 6.07) is 0. The highest BCUT2D eigenvalue weighted by Crippen LogP contribution is 2.45. The standard InChI is InChI=1S/C89H170O17P2/c1-6-9-12-15-18-21-24-27-30-32-34-35-36-38-40-43-46-49-54-60-65-70-75-89(94)105-84(78-99-86(91)72-67-62-57-52-47-44-42-39-37-33-31-28-25-22-19-16-13-10-7-2)80-103-107(95,96)101-76-83(90)77-102-108(97,98)104-81-85(79-100-87(92)73-68-63-58-55-50-51-56-61-66-71-82(4)5)106-88(93)74-69-64-59-53-48-45-41-29-26-23-20-17-14-11-8-3/h23,26,29,41,82-85,90H,6-22,24-25,27-28,30-40,42-81H2,1-5H3,(H,95,96)(H,97,98)/b26-23-,41-29-/t83-,84-,85-/m1/s1. The molecule has 0 spiro atoms. The highest BCUT2D eigenvalue weighted by atomic mass is 31.2. The summed E-state index contributed by atoms with van der Waals surface area (Å²) in [6.07, 6.45) is 78.7. The molecule has 0 aliphatic carbocycles. The van der Waals surface area contributed by atoms with Crippen LogP contribution in [0, 0.1) is 5.92 Å². The van der Waals surface area contributed by atoms with Crippen LogP contribution in [0.15, 0.2) is 24.3 Å². The number of hydrogen-bond donors (Lipinski definition) is 3. The molecule has 0 saturated carbocycles. The number of aliphatic hydroxyl groups is 1. The summed E-state index contributed by atoms with van der Waals surface area (Å²) in [5, 5.41) is 10.7. The molecule has 638 valence electrons. The SMILES string of the molecule is CCCCCC/C=C\C=C/CCCCCCCC(=O)O[C@H](COC(=O)CCCCCCCCCCCC(C)C)COP(=O)(O)OC[C@H](O)COP(=O)(O)OC[C@@H](COC(=O)CCCCCCCCCCCCCCCCCCCCC)OC(=O)CCCCCCCCCCCCCCCCCCCCCCCC. The zero-order chi connectivity index (χ0) is 79.0. The first-order chi connectivity index (χ1) is 52.5. The summed E-state index contributed by atoms with van der Waals surface area (Å²) >= 11 is 0. The molecule has 17 nitrogen and oxygen atoms in total. The van der Waals surface area contributed by atoms with Crippen molar-refractivity contribution in [2.75, 3.05) is 39.6 Å². The van der Waals surface area contributed by atoms with Gasteiger partial charge in [0.2, 0.25) is 0 Å². The Labute approximate surface area is 663 Å². The molecule has 19 heteroatoms. The molecular weight excluding hydrogens is 1400 g/mol. The first-order valence-corrected chi connectivity index (χ1v) is 48.4. The third-order valence-electron chi connectivity index (χ3n) is 20.4. The Bertz CT molecular complexity index is 2140. The lowest BCUT2D eigenvalue weighted by Crippen LogP contribution is -2.30. The molecule has 0 amide bonds. The third-order valence-corrected chi connectivity index (χ3v) is 22.3. The van der Waals surface area contributed by atoms with E-state index >= 15 is 0 Å². The van der Waals surface area contributed by atoms with E-state index in [0.29, 0.717) is 25.7 Å². The maximum absolute atomic E-state index is 13.2. The van der Waals surface area contributed by atoms with E-state index in [9.17, 15) is 43.2 Å². The molecule has 0 bridgehead atoms. The van der Waals surface area contributed by atoms with Gasteiger partial charge in [0.25, 0.3) is 0 Å². The molecule has 108 heavy (non-hydrogen) atoms. The lowest BCUT2D eigenvalue weighted by atomic mass is 10.0. The Morgan fingerprint density at radius 2 is 0.500 bits per heavy atom. The Balaban J connectivity index is 5.26. The zero-order valence-electron chi connectivity index (χ0n) is 70.5. The van der Waals surface area contributed by atoms with Gasteiger partial charge in [0.15, 0.2) is 12.2 Å². The van der Waals surface area contributed by atoms with Gasteiger partial charge >= 0.3 is 39.5 Å². The lowest BCUT2D eigenvalue weighted by molar-refractivity contribution is -0.161. The molecule has 0 aromatic heterocycles. The Morgan fingerprint density at radius 3 is 0.759 bits per heavy atom. The molecule has 0 aromatic rings. The number of phosphoric ester groups is 2. The topological polar surface area (TPSA) is 237 Å². The van der Waals surface area contributed by atoms with Crippen molar-refractivity contribution in [3.05, 3.63) is 24.3 Å². The quantitative estimate of drug-likeness (QED) is 0.0169. The van der Waals surface area contributed by atoms with Gasteiger partial charge in [0.1, 0.15) is 19.3 Å². The third kappa shape index (κ3) is 81.6. The van der Waals surface area contributed by atoms with Crippen LogP contribution in [0.25, 0.3) is 0 Å². The molecule has 0 aliphatic rings.